The number of rotatable bonds is 2. The molecule has 2 aromatic rings. The average molecular weight is 352 g/mol. The number of benzene rings is 2. The monoisotopic (exact) mass is 350 g/mol. The average Bonchev–Trinajstić information content (AvgIpc) is 2.26. The Morgan fingerprint density at radius 1 is 0.800 bits per heavy atom. The van der Waals surface area contributed by atoms with Crippen LogP contribution in [0.25, 0.3) is 0 Å². The number of hydrogen-bond donors (Lipinski definition) is 2. The van der Waals surface area contributed by atoms with Gasteiger partial charge < -0.3 is 0 Å². The van der Waals surface area contributed by atoms with Crippen molar-refractivity contribution < 1.29 is 9.79 Å². The summed E-state index contributed by atoms with van der Waals surface area (Å²) in [5.74, 6) is 0. The molecule has 2 aromatic carbocycles. The van der Waals surface area contributed by atoms with Gasteiger partial charge in [-0.05, 0) is 0 Å². The van der Waals surface area contributed by atoms with Crippen molar-refractivity contribution in [3.8, 4) is 0 Å². The van der Waals surface area contributed by atoms with Crippen molar-refractivity contribution in [1.82, 2.24) is 0 Å². The van der Waals surface area contributed by atoms with Crippen molar-refractivity contribution in [3.05, 3.63) is 57.6 Å². The van der Waals surface area contributed by atoms with Gasteiger partial charge in [0, 0.05) is 0 Å². The molecule has 0 heterocycles. The molecule has 0 spiro atoms. The molecule has 108 valence electrons. The van der Waals surface area contributed by atoms with Crippen LogP contribution in [0, 0.1) is 13.8 Å². The summed E-state index contributed by atoms with van der Waals surface area (Å²) in [5.41, 5.74) is 1.26. The Bertz CT molecular complexity index is 622. The first kappa shape index (κ1) is 16.0. The number of halogens is 3. The van der Waals surface area contributed by atoms with Crippen LogP contribution in [0.3, 0.4) is 0 Å². The van der Waals surface area contributed by atoms with Gasteiger partial charge in [0.15, 0.2) is 0 Å². The molecule has 0 saturated carbocycles. The Kier molecular flexibility index (Phi) is 4.12. The van der Waals surface area contributed by atoms with Crippen LogP contribution in [0.4, 0.5) is 0 Å². The first-order chi connectivity index (χ1) is 9.10. The van der Waals surface area contributed by atoms with Gasteiger partial charge in [-0.1, -0.05) is 0 Å². The molecule has 0 amide bonds. The van der Waals surface area contributed by atoms with Gasteiger partial charge in [0.25, 0.3) is 0 Å². The Morgan fingerprint density at radius 3 is 1.45 bits per heavy atom. The van der Waals surface area contributed by atoms with Crippen molar-refractivity contribution >= 4 is 51.5 Å². The molecule has 0 radical (unpaired) electrons. The van der Waals surface area contributed by atoms with E-state index in [2.05, 4.69) is 0 Å². The molecule has 2 nitrogen and oxygen atoms in total. The van der Waals surface area contributed by atoms with Crippen molar-refractivity contribution in [2.45, 2.75) is 13.8 Å². The summed E-state index contributed by atoms with van der Waals surface area (Å²) >= 11 is 18.1. The van der Waals surface area contributed by atoms with Gasteiger partial charge in [0.05, 0.1) is 0 Å². The summed E-state index contributed by atoms with van der Waals surface area (Å²) in [6, 6.07) is 9.58. The molecule has 20 heavy (non-hydrogen) atoms. The Balaban J connectivity index is 2.72. The normalized spacial score (nSPS) is 13.8. The molecule has 0 aromatic heterocycles. The van der Waals surface area contributed by atoms with E-state index in [4.69, 9.17) is 34.4 Å². The second-order valence-corrected chi connectivity index (χ2v) is 10.4. The maximum atomic E-state index is 10.8. The van der Waals surface area contributed by atoms with E-state index < -0.39 is 6.41 Å². The molecule has 2 rings (SSSR count). The van der Waals surface area contributed by atoms with E-state index in [1.807, 2.05) is 0 Å². The molecule has 0 aliphatic carbocycles. The third kappa shape index (κ3) is 2.82. The van der Waals surface area contributed by atoms with Crippen LogP contribution in [0.2, 0.25) is 10.0 Å². The number of aryl methyl sites for hydroxylation is 2. The molecule has 0 bridgehead atoms. The first-order valence-electron chi connectivity index (χ1n) is 5.87. The van der Waals surface area contributed by atoms with Crippen LogP contribution in [-0.4, -0.2) is 9.79 Å². The van der Waals surface area contributed by atoms with Crippen molar-refractivity contribution in [1.29, 1.82) is 0 Å². The second kappa shape index (κ2) is 5.14. The molecule has 0 aliphatic heterocycles. The van der Waals surface area contributed by atoms with E-state index in [1.165, 1.54) is 0 Å². The quantitative estimate of drug-likeness (QED) is 0.800. The van der Waals surface area contributed by atoms with Crippen molar-refractivity contribution in [2.24, 2.45) is 0 Å². The minimum atomic E-state index is -4.72. The predicted molar refractivity (Wildman–Crippen MR) is 88.9 cm³/mol. The van der Waals surface area contributed by atoms with Gasteiger partial charge in [-0.25, -0.2) is 0 Å². The molecule has 0 aliphatic rings. The number of hydrogen-bond acceptors (Lipinski definition) is 2. The summed E-state index contributed by atoms with van der Waals surface area (Å²) in [5, 5.41) is 1.60. The van der Waals surface area contributed by atoms with Gasteiger partial charge in [0.1, 0.15) is 0 Å². The van der Waals surface area contributed by atoms with Gasteiger partial charge in [-0.3, -0.25) is 0 Å². The maximum absolute atomic E-state index is 10.8. The van der Waals surface area contributed by atoms with E-state index in [0.717, 1.165) is 0 Å². The van der Waals surface area contributed by atoms with Crippen LogP contribution in [0.1, 0.15) is 11.1 Å². The van der Waals surface area contributed by atoms with Crippen LogP contribution in [0.5, 0.6) is 0 Å². The van der Waals surface area contributed by atoms with Gasteiger partial charge in [0.2, 0.25) is 0 Å². The van der Waals surface area contributed by atoms with E-state index in [9.17, 15) is 9.79 Å². The van der Waals surface area contributed by atoms with E-state index in [0.29, 0.717) is 21.2 Å². The van der Waals surface area contributed by atoms with Crippen molar-refractivity contribution in [3.63, 3.8) is 0 Å². The molecular formula is C14H14Cl3O2P. The summed E-state index contributed by atoms with van der Waals surface area (Å²) < 4.78 is 0. The Morgan fingerprint density at radius 2 is 1.15 bits per heavy atom. The Labute approximate surface area is 132 Å². The van der Waals surface area contributed by atoms with Crippen LogP contribution >= 0.6 is 40.9 Å². The molecular weight excluding hydrogens is 337 g/mol. The molecule has 0 fully saturated rings. The van der Waals surface area contributed by atoms with E-state index in [-0.39, 0.29) is 10.6 Å². The topological polar surface area (TPSA) is 40.5 Å². The molecule has 0 atom stereocenters. The fourth-order valence-electron chi connectivity index (χ4n) is 2.26. The third-order valence-corrected chi connectivity index (χ3v) is 7.45. The second-order valence-electron chi connectivity index (χ2n) is 4.78. The van der Waals surface area contributed by atoms with Crippen LogP contribution in [-0.2, 0) is 0 Å². The summed E-state index contributed by atoms with van der Waals surface area (Å²) in [4.78, 5) is 21.7. The van der Waals surface area contributed by atoms with Crippen LogP contribution < -0.4 is 10.6 Å². The first-order valence-corrected chi connectivity index (χ1v) is 9.67. The zero-order valence-corrected chi connectivity index (χ0v) is 14.1. The predicted octanol–water partition coefficient (Wildman–Crippen LogP) is 4.08. The summed E-state index contributed by atoms with van der Waals surface area (Å²) in [6.45, 7) is 3.48. The zero-order chi connectivity index (χ0) is 15.2. The van der Waals surface area contributed by atoms with Gasteiger partial charge in [-0.2, -0.15) is 0 Å². The van der Waals surface area contributed by atoms with Crippen molar-refractivity contribution in [2.75, 3.05) is 0 Å². The van der Waals surface area contributed by atoms with Gasteiger partial charge >= 0.3 is 133 Å². The third-order valence-electron chi connectivity index (χ3n) is 3.17. The molecule has 0 unspecified atom stereocenters. The standard InChI is InChI=1S/C14H14Cl3O2P/c1-9-7-11(15)3-5-13(9)20(17,18,19)14-6-4-12(16)8-10(14)2/h3-8,18-19H,1-2H3. The summed E-state index contributed by atoms with van der Waals surface area (Å²) in [7, 11) is 0. The zero-order valence-electron chi connectivity index (χ0n) is 10.9. The van der Waals surface area contributed by atoms with E-state index in [1.54, 1.807) is 50.2 Å². The summed E-state index contributed by atoms with van der Waals surface area (Å²) in [6.07, 6.45) is -4.72. The molecule has 6 heteroatoms. The fraction of sp³-hybridized carbons (Fsp3) is 0.143. The molecule has 0 saturated heterocycles. The minimum absolute atomic E-state index is 0.285. The Hall–Kier alpha value is -0.340. The van der Waals surface area contributed by atoms with E-state index >= 15 is 0 Å². The molecule has 2 N–H and O–H groups in total. The SMILES string of the molecule is Cc1cc(Cl)ccc1P(O)(O)(Cl)c1ccc(Cl)cc1C. The fourth-order valence-corrected chi connectivity index (χ4v) is 6.16. The van der Waals surface area contributed by atoms with Crippen LogP contribution in [0.15, 0.2) is 36.4 Å². The van der Waals surface area contributed by atoms with Gasteiger partial charge in [-0.15, -0.1) is 0 Å².